The average molecular weight is 196 g/mol. The number of rotatable bonds is 3. The van der Waals surface area contributed by atoms with Gasteiger partial charge in [0.1, 0.15) is 0 Å². The standard InChI is InChI=1S/C12H20O2/c1-8(2)11-5-4-9(3)6-10(11)7-12(13)14/h9-11H,1,4-7H2,2-3H3,(H,13,14)/t9-,10-,11+/m1/s1. The molecule has 0 saturated heterocycles. The summed E-state index contributed by atoms with van der Waals surface area (Å²) in [6.45, 7) is 8.20. The van der Waals surface area contributed by atoms with Crippen molar-refractivity contribution in [1.29, 1.82) is 0 Å². The van der Waals surface area contributed by atoms with E-state index in [1.54, 1.807) is 0 Å². The van der Waals surface area contributed by atoms with Gasteiger partial charge in [-0.15, -0.1) is 0 Å². The molecule has 1 rings (SSSR count). The first-order valence-corrected chi connectivity index (χ1v) is 5.38. The predicted octanol–water partition coefficient (Wildman–Crippen LogP) is 3.09. The van der Waals surface area contributed by atoms with E-state index >= 15 is 0 Å². The van der Waals surface area contributed by atoms with Gasteiger partial charge in [-0.3, -0.25) is 4.79 Å². The highest BCUT2D eigenvalue weighted by Gasteiger charge is 2.30. The van der Waals surface area contributed by atoms with Crippen LogP contribution in [0.15, 0.2) is 12.2 Å². The number of carboxylic acid groups (broad SMARTS) is 1. The normalized spacial score (nSPS) is 32.6. The van der Waals surface area contributed by atoms with Gasteiger partial charge in [-0.2, -0.15) is 0 Å². The zero-order valence-electron chi connectivity index (χ0n) is 9.12. The molecule has 1 aliphatic rings. The maximum absolute atomic E-state index is 10.7. The van der Waals surface area contributed by atoms with Gasteiger partial charge in [0.05, 0.1) is 0 Å². The zero-order valence-corrected chi connectivity index (χ0v) is 9.12. The first-order valence-electron chi connectivity index (χ1n) is 5.38. The molecule has 0 radical (unpaired) electrons. The van der Waals surface area contributed by atoms with Crippen LogP contribution in [0.1, 0.15) is 39.5 Å². The summed E-state index contributed by atoms with van der Waals surface area (Å²) in [5.74, 6) is 0.751. The average Bonchev–Trinajstić information content (AvgIpc) is 2.01. The second-order valence-corrected chi connectivity index (χ2v) is 4.73. The summed E-state index contributed by atoms with van der Waals surface area (Å²) in [7, 11) is 0. The Hall–Kier alpha value is -0.790. The van der Waals surface area contributed by atoms with Crippen molar-refractivity contribution in [3.8, 4) is 0 Å². The molecule has 2 heteroatoms. The molecule has 0 aliphatic heterocycles. The second-order valence-electron chi connectivity index (χ2n) is 4.73. The van der Waals surface area contributed by atoms with Crippen molar-refractivity contribution in [2.45, 2.75) is 39.5 Å². The number of hydrogen-bond acceptors (Lipinski definition) is 1. The summed E-state index contributed by atoms with van der Waals surface area (Å²) < 4.78 is 0. The van der Waals surface area contributed by atoms with Crippen LogP contribution in [0.3, 0.4) is 0 Å². The molecular formula is C12H20O2. The zero-order chi connectivity index (χ0) is 10.7. The molecule has 1 aliphatic carbocycles. The van der Waals surface area contributed by atoms with Crippen LogP contribution in [0.4, 0.5) is 0 Å². The SMILES string of the molecule is C=C(C)[C@@H]1CC[C@@H](C)C[C@@H]1CC(=O)O. The number of carbonyl (C=O) groups is 1. The molecule has 1 saturated carbocycles. The lowest BCUT2D eigenvalue weighted by Gasteiger charge is -2.34. The van der Waals surface area contributed by atoms with Gasteiger partial charge in [0.2, 0.25) is 0 Å². The smallest absolute Gasteiger partial charge is 0.303 e. The molecule has 0 bridgehead atoms. The van der Waals surface area contributed by atoms with E-state index in [-0.39, 0.29) is 0 Å². The van der Waals surface area contributed by atoms with Gasteiger partial charge >= 0.3 is 5.97 Å². The maximum Gasteiger partial charge on any atom is 0.303 e. The molecule has 0 aromatic heterocycles. The minimum atomic E-state index is -0.671. The van der Waals surface area contributed by atoms with Crippen molar-refractivity contribution in [3.05, 3.63) is 12.2 Å². The van der Waals surface area contributed by atoms with Crippen LogP contribution in [-0.4, -0.2) is 11.1 Å². The van der Waals surface area contributed by atoms with Gasteiger partial charge in [-0.25, -0.2) is 0 Å². The fourth-order valence-corrected chi connectivity index (χ4v) is 2.60. The molecule has 0 aromatic carbocycles. The monoisotopic (exact) mass is 196 g/mol. The summed E-state index contributed by atoms with van der Waals surface area (Å²) in [5.41, 5.74) is 1.16. The Kier molecular flexibility index (Phi) is 3.73. The molecule has 80 valence electrons. The molecule has 0 unspecified atom stereocenters. The molecule has 2 nitrogen and oxygen atoms in total. The lowest BCUT2D eigenvalue weighted by Crippen LogP contribution is -2.26. The van der Waals surface area contributed by atoms with Crippen LogP contribution in [-0.2, 0) is 4.79 Å². The van der Waals surface area contributed by atoms with Gasteiger partial charge < -0.3 is 5.11 Å². The lowest BCUT2D eigenvalue weighted by atomic mass is 9.71. The molecule has 1 fully saturated rings. The fourth-order valence-electron chi connectivity index (χ4n) is 2.60. The minimum absolute atomic E-state index is 0.307. The Bertz CT molecular complexity index is 232. The van der Waals surface area contributed by atoms with Gasteiger partial charge in [-0.1, -0.05) is 25.5 Å². The first-order chi connectivity index (χ1) is 6.50. The summed E-state index contributed by atoms with van der Waals surface area (Å²) in [6.07, 6.45) is 3.69. The van der Waals surface area contributed by atoms with Crippen LogP contribution in [0.25, 0.3) is 0 Å². The van der Waals surface area contributed by atoms with Crippen molar-refractivity contribution < 1.29 is 9.90 Å². The van der Waals surface area contributed by atoms with Crippen molar-refractivity contribution in [2.24, 2.45) is 17.8 Å². The fraction of sp³-hybridized carbons (Fsp3) is 0.750. The predicted molar refractivity (Wildman–Crippen MR) is 57.1 cm³/mol. The highest BCUT2D eigenvalue weighted by molar-refractivity contribution is 5.67. The molecule has 0 heterocycles. The van der Waals surface area contributed by atoms with E-state index in [0.29, 0.717) is 24.2 Å². The molecule has 0 aromatic rings. The first kappa shape index (κ1) is 11.3. The largest absolute Gasteiger partial charge is 0.481 e. The Balaban J connectivity index is 2.63. The molecule has 0 amide bonds. The van der Waals surface area contributed by atoms with Crippen LogP contribution >= 0.6 is 0 Å². The molecule has 14 heavy (non-hydrogen) atoms. The van der Waals surface area contributed by atoms with E-state index in [0.717, 1.165) is 18.4 Å². The minimum Gasteiger partial charge on any atom is -0.481 e. The van der Waals surface area contributed by atoms with Gasteiger partial charge in [0, 0.05) is 6.42 Å². The molecule has 3 atom stereocenters. The Morgan fingerprint density at radius 3 is 2.64 bits per heavy atom. The van der Waals surface area contributed by atoms with Crippen LogP contribution in [0, 0.1) is 17.8 Å². The summed E-state index contributed by atoms with van der Waals surface area (Å²) >= 11 is 0. The maximum atomic E-state index is 10.7. The number of allylic oxidation sites excluding steroid dienone is 1. The third kappa shape index (κ3) is 2.86. The molecular weight excluding hydrogens is 176 g/mol. The van der Waals surface area contributed by atoms with Crippen molar-refractivity contribution in [2.75, 3.05) is 0 Å². The Morgan fingerprint density at radius 1 is 1.50 bits per heavy atom. The van der Waals surface area contributed by atoms with Crippen molar-refractivity contribution in [1.82, 2.24) is 0 Å². The van der Waals surface area contributed by atoms with Gasteiger partial charge in [0.25, 0.3) is 0 Å². The summed E-state index contributed by atoms with van der Waals surface area (Å²) in [4.78, 5) is 10.7. The second kappa shape index (κ2) is 4.63. The Labute approximate surface area is 86.0 Å². The third-order valence-corrected chi connectivity index (χ3v) is 3.31. The van der Waals surface area contributed by atoms with E-state index in [1.165, 1.54) is 6.42 Å². The topological polar surface area (TPSA) is 37.3 Å². The Morgan fingerprint density at radius 2 is 2.14 bits per heavy atom. The van der Waals surface area contributed by atoms with Crippen molar-refractivity contribution >= 4 is 5.97 Å². The highest BCUT2D eigenvalue weighted by Crippen LogP contribution is 2.38. The van der Waals surface area contributed by atoms with Crippen LogP contribution in [0.5, 0.6) is 0 Å². The van der Waals surface area contributed by atoms with E-state index in [1.807, 2.05) is 6.92 Å². The summed E-state index contributed by atoms with van der Waals surface area (Å²) in [5, 5.41) is 8.82. The third-order valence-electron chi connectivity index (χ3n) is 3.31. The van der Waals surface area contributed by atoms with E-state index in [4.69, 9.17) is 5.11 Å². The lowest BCUT2D eigenvalue weighted by molar-refractivity contribution is -0.138. The van der Waals surface area contributed by atoms with Gasteiger partial charge in [0.15, 0.2) is 0 Å². The van der Waals surface area contributed by atoms with Gasteiger partial charge in [-0.05, 0) is 37.5 Å². The highest BCUT2D eigenvalue weighted by atomic mass is 16.4. The van der Waals surface area contributed by atoms with Crippen LogP contribution in [0.2, 0.25) is 0 Å². The quantitative estimate of drug-likeness (QED) is 0.704. The number of hydrogen-bond donors (Lipinski definition) is 1. The van der Waals surface area contributed by atoms with E-state index < -0.39 is 5.97 Å². The van der Waals surface area contributed by atoms with E-state index in [9.17, 15) is 4.79 Å². The number of aliphatic carboxylic acids is 1. The molecule has 0 spiro atoms. The van der Waals surface area contributed by atoms with Crippen molar-refractivity contribution in [3.63, 3.8) is 0 Å². The molecule has 1 N–H and O–H groups in total. The van der Waals surface area contributed by atoms with Crippen LogP contribution < -0.4 is 0 Å². The summed E-state index contributed by atoms with van der Waals surface area (Å²) in [6, 6.07) is 0. The number of carboxylic acids is 1. The van der Waals surface area contributed by atoms with E-state index in [2.05, 4.69) is 13.5 Å².